The number of nitrogen functional groups attached to an aromatic ring is 1. The summed E-state index contributed by atoms with van der Waals surface area (Å²) < 4.78 is 0. The van der Waals surface area contributed by atoms with Crippen LogP contribution in [0.25, 0.3) is 0 Å². The molecule has 8 nitrogen and oxygen atoms in total. The van der Waals surface area contributed by atoms with Gasteiger partial charge in [-0.25, -0.2) is 15.0 Å². The van der Waals surface area contributed by atoms with Crippen molar-refractivity contribution >= 4 is 11.6 Å². The number of aromatic amines is 1. The van der Waals surface area contributed by atoms with E-state index in [1.165, 1.54) is 12.5 Å². The van der Waals surface area contributed by atoms with Crippen LogP contribution >= 0.6 is 0 Å². The van der Waals surface area contributed by atoms with Gasteiger partial charge in [0, 0.05) is 5.92 Å². The van der Waals surface area contributed by atoms with Crippen LogP contribution in [-0.2, 0) is 0 Å². The van der Waals surface area contributed by atoms with Gasteiger partial charge in [-0.2, -0.15) is 5.10 Å². The second-order valence-electron chi connectivity index (χ2n) is 4.75. The topological polar surface area (TPSA) is 122 Å². The van der Waals surface area contributed by atoms with Crippen LogP contribution in [0.2, 0.25) is 0 Å². The average molecular weight is 275 g/mol. The van der Waals surface area contributed by atoms with Gasteiger partial charge in [0.05, 0.1) is 17.9 Å². The SMILES string of the molecule is CC(C)c1ncc(N)c(C(=O)NC(C)c2ncn[nH]2)n1. The van der Waals surface area contributed by atoms with Crippen molar-refractivity contribution in [3.8, 4) is 0 Å². The molecule has 4 N–H and O–H groups in total. The Morgan fingerprint density at radius 3 is 2.70 bits per heavy atom. The molecule has 2 aromatic rings. The second kappa shape index (κ2) is 5.64. The lowest BCUT2D eigenvalue weighted by molar-refractivity contribution is 0.0934. The van der Waals surface area contributed by atoms with Crippen molar-refractivity contribution in [2.75, 3.05) is 5.73 Å². The zero-order valence-corrected chi connectivity index (χ0v) is 11.6. The molecule has 2 rings (SSSR count). The first-order chi connectivity index (χ1) is 9.49. The number of carbonyl (C=O) groups excluding carboxylic acids is 1. The Labute approximate surface area is 116 Å². The van der Waals surface area contributed by atoms with Crippen molar-refractivity contribution in [2.24, 2.45) is 0 Å². The van der Waals surface area contributed by atoms with Gasteiger partial charge in [0.25, 0.3) is 5.91 Å². The summed E-state index contributed by atoms with van der Waals surface area (Å²) in [5.41, 5.74) is 6.19. The molecule has 0 aromatic carbocycles. The Morgan fingerprint density at radius 1 is 1.35 bits per heavy atom. The minimum Gasteiger partial charge on any atom is -0.396 e. The van der Waals surface area contributed by atoms with Gasteiger partial charge in [0.15, 0.2) is 5.69 Å². The lowest BCUT2D eigenvalue weighted by Gasteiger charge is -2.13. The molecular weight excluding hydrogens is 258 g/mol. The van der Waals surface area contributed by atoms with Gasteiger partial charge in [0.1, 0.15) is 18.0 Å². The summed E-state index contributed by atoms with van der Waals surface area (Å²) in [5.74, 6) is 0.899. The van der Waals surface area contributed by atoms with Crippen molar-refractivity contribution < 1.29 is 4.79 Å². The molecule has 8 heteroatoms. The van der Waals surface area contributed by atoms with Crippen LogP contribution in [0.3, 0.4) is 0 Å². The van der Waals surface area contributed by atoms with Gasteiger partial charge >= 0.3 is 0 Å². The molecule has 1 amide bonds. The van der Waals surface area contributed by atoms with Crippen molar-refractivity contribution in [2.45, 2.75) is 32.7 Å². The van der Waals surface area contributed by atoms with E-state index in [9.17, 15) is 4.79 Å². The van der Waals surface area contributed by atoms with Crippen molar-refractivity contribution in [3.05, 3.63) is 29.9 Å². The number of nitrogens with one attached hydrogen (secondary N) is 2. The zero-order chi connectivity index (χ0) is 14.7. The van der Waals surface area contributed by atoms with Gasteiger partial charge in [-0.05, 0) is 6.92 Å². The van der Waals surface area contributed by atoms with Gasteiger partial charge < -0.3 is 11.1 Å². The third-order valence-corrected chi connectivity index (χ3v) is 2.76. The number of hydrogen-bond acceptors (Lipinski definition) is 6. The number of hydrogen-bond donors (Lipinski definition) is 3. The van der Waals surface area contributed by atoms with Crippen LogP contribution in [0, 0.1) is 0 Å². The smallest absolute Gasteiger partial charge is 0.272 e. The Morgan fingerprint density at radius 2 is 2.10 bits per heavy atom. The number of aromatic nitrogens is 5. The predicted octanol–water partition coefficient (Wildman–Crippen LogP) is 0.791. The highest BCUT2D eigenvalue weighted by Gasteiger charge is 2.18. The van der Waals surface area contributed by atoms with E-state index in [1.807, 2.05) is 13.8 Å². The Bertz CT molecular complexity index is 594. The van der Waals surface area contributed by atoms with Crippen LogP contribution in [0.15, 0.2) is 12.5 Å². The normalized spacial score (nSPS) is 12.4. The molecule has 20 heavy (non-hydrogen) atoms. The summed E-state index contributed by atoms with van der Waals surface area (Å²) >= 11 is 0. The summed E-state index contributed by atoms with van der Waals surface area (Å²) in [6.45, 7) is 5.69. The molecule has 0 saturated heterocycles. The maximum Gasteiger partial charge on any atom is 0.272 e. The lowest BCUT2D eigenvalue weighted by Crippen LogP contribution is -2.29. The Balaban J connectivity index is 2.18. The number of carbonyl (C=O) groups is 1. The van der Waals surface area contributed by atoms with Crippen LogP contribution < -0.4 is 11.1 Å². The van der Waals surface area contributed by atoms with Gasteiger partial charge in [-0.15, -0.1) is 0 Å². The molecule has 0 aliphatic rings. The van der Waals surface area contributed by atoms with Crippen LogP contribution in [-0.4, -0.2) is 31.1 Å². The average Bonchev–Trinajstić information content (AvgIpc) is 2.92. The summed E-state index contributed by atoms with van der Waals surface area (Å²) in [6.07, 6.45) is 2.84. The Kier molecular flexibility index (Phi) is 3.92. The molecule has 1 atom stereocenters. The number of amides is 1. The minimum absolute atomic E-state index is 0.119. The highest BCUT2D eigenvalue weighted by molar-refractivity contribution is 5.97. The zero-order valence-electron chi connectivity index (χ0n) is 11.6. The molecule has 0 radical (unpaired) electrons. The molecule has 2 heterocycles. The van der Waals surface area contributed by atoms with E-state index in [0.29, 0.717) is 11.6 Å². The number of nitrogens with two attached hydrogens (primary N) is 1. The third-order valence-electron chi connectivity index (χ3n) is 2.76. The maximum atomic E-state index is 12.2. The largest absolute Gasteiger partial charge is 0.396 e. The van der Waals surface area contributed by atoms with Gasteiger partial charge in [0.2, 0.25) is 0 Å². The highest BCUT2D eigenvalue weighted by Crippen LogP contribution is 2.14. The predicted molar refractivity (Wildman–Crippen MR) is 72.8 cm³/mol. The fourth-order valence-corrected chi connectivity index (χ4v) is 1.62. The molecule has 0 saturated carbocycles. The first-order valence-corrected chi connectivity index (χ1v) is 6.27. The molecule has 0 aliphatic carbocycles. The van der Waals surface area contributed by atoms with Gasteiger partial charge in [-0.3, -0.25) is 9.89 Å². The van der Waals surface area contributed by atoms with Gasteiger partial charge in [-0.1, -0.05) is 13.8 Å². The third kappa shape index (κ3) is 2.90. The Hall–Kier alpha value is -2.51. The second-order valence-corrected chi connectivity index (χ2v) is 4.75. The molecule has 2 aromatic heterocycles. The number of rotatable bonds is 4. The number of anilines is 1. The minimum atomic E-state index is -0.365. The molecule has 106 valence electrons. The van der Waals surface area contributed by atoms with Crippen molar-refractivity contribution in [1.82, 2.24) is 30.5 Å². The molecular formula is C12H17N7O. The van der Waals surface area contributed by atoms with E-state index < -0.39 is 0 Å². The van der Waals surface area contributed by atoms with E-state index in [4.69, 9.17) is 5.73 Å². The van der Waals surface area contributed by atoms with Crippen LogP contribution in [0.4, 0.5) is 5.69 Å². The van der Waals surface area contributed by atoms with Crippen molar-refractivity contribution in [3.63, 3.8) is 0 Å². The maximum absolute atomic E-state index is 12.2. The number of H-pyrrole nitrogens is 1. The summed E-state index contributed by atoms with van der Waals surface area (Å²) in [6, 6.07) is -0.318. The highest BCUT2D eigenvalue weighted by atomic mass is 16.2. The molecule has 0 bridgehead atoms. The van der Waals surface area contributed by atoms with E-state index in [0.717, 1.165) is 0 Å². The molecule has 0 aliphatic heterocycles. The molecule has 1 unspecified atom stereocenters. The first-order valence-electron chi connectivity index (χ1n) is 6.27. The van der Waals surface area contributed by atoms with E-state index in [1.54, 1.807) is 6.92 Å². The standard InChI is InChI=1S/C12H17N7O/c1-6(2)10-14-4-8(13)9(18-10)12(20)17-7(3)11-15-5-16-19-11/h4-7H,13H2,1-3H3,(H,17,20)(H,15,16,19). The number of nitrogens with zero attached hydrogens (tertiary/aromatic N) is 4. The first kappa shape index (κ1) is 13.9. The van der Waals surface area contributed by atoms with E-state index in [2.05, 4.69) is 30.5 Å². The summed E-state index contributed by atoms with van der Waals surface area (Å²) in [5, 5.41) is 9.20. The fourth-order valence-electron chi connectivity index (χ4n) is 1.62. The van der Waals surface area contributed by atoms with E-state index >= 15 is 0 Å². The van der Waals surface area contributed by atoms with Crippen LogP contribution in [0.5, 0.6) is 0 Å². The van der Waals surface area contributed by atoms with E-state index in [-0.39, 0.29) is 29.2 Å². The van der Waals surface area contributed by atoms with Crippen molar-refractivity contribution in [1.29, 1.82) is 0 Å². The van der Waals surface area contributed by atoms with Crippen LogP contribution in [0.1, 0.15) is 54.9 Å². The quantitative estimate of drug-likeness (QED) is 0.758. The molecule has 0 spiro atoms. The lowest BCUT2D eigenvalue weighted by atomic mass is 10.2. The molecule has 0 fully saturated rings. The fraction of sp³-hybridized carbons (Fsp3) is 0.417. The monoisotopic (exact) mass is 275 g/mol. The summed E-state index contributed by atoms with van der Waals surface area (Å²) in [7, 11) is 0. The summed E-state index contributed by atoms with van der Waals surface area (Å²) in [4.78, 5) is 24.5.